The first-order valence-corrected chi connectivity index (χ1v) is 9.73. The van der Waals surface area contributed by atoms with Gasteiger partial charge in [0, 0.05) is 11.5 Å². The molecule has 1 aromatic carbocycles. The summed E-state index contributed by atoms with van der Waals surface area (Å²) in [7, 11) is 2.35. The lowest BCUT2D eigenvalue weighted by atomic mass is 9.52. The summed E-state index contributed by atoms with van der Waals surface area (Å²) in [4.78, 5) is 2.65. The van der Waals surface area contributed by atoms with Gasteiger partial charge < -0.3 is 9.64 Å². The van der Waals surface area contributed by atoms with Gasteiger partial charge >= 0.3 is 0 Å². The summed E-state index contributed by atoms with van der Waals surface area (Å²) in [5.41, 5.74) is 3.74. The maximum Gasteiger partial charge on any atom is 0.119 e. The molecule has 2 heteroatoms. The monoisotopic (exact) mass is 311 g/mol. The molecule has 0 N–H and O–H groups in total. The Kier molecular flexibility index (Phi) is 3.27. The highest BCUT2D eigenvalue weighted by Gasteiger charge is 2.53. The van der Waals surface area contributed by atoms with Crippen LogP contribution < -0.4 is 4.74 Å². The molecule has 3 aliphatic carbocycles. The highest BCUT2D eigenvalue weighted by molar-refractivity contribution is 5.45. The van der Waals surface area contributed by atoms with Gasteiger partial charge in [0.05, 0.1) is 6.61 Å². The van der Waals surface area contributed by atoms with Gasteiger partial charge in [-0.3, -0.25) is 0 Å². The number of likely N-dealkylation sites (tertiary alicyclic amines) is 1. The number of likely N-dealkylation sites (N-methyl/N-ethyl adjacent to an activating group) is 1. The van der Waals surface area contributed by atoms with Gasteiger partial charge in [0.1, 0.15) is 5.75 Å². The molecule has 0 aromatic heterocycles. The Hall–Kier alpha value is -1.02. The topological polar surface area (TPSA) is 12.5 Å². The van der Waals surface area contributed by atoms with Crippen molar-refractivity contribution in [2.75, 3.05) is 20.2 Å². The average Bonchev–Trinajstić information content (AvgIpc) is 3.41. The molecule has 2 bridgehead atoms. The molecule has 3 atom stereocenters. The minimum Gasteiger partial charge on any atom is -0.493 e. The van der Waals surface area contributed by atoms with E-state index in [-0.39, 0.29) is 0 Å². The summed E-state index contributed by atoms with van der Waals surface area (Å²) in [6.45, 7) is 2.20. The van der Waals surface area contributed by atoms with Crippen LogP contribution in [0.25, 0.3) is 0 Å². The van der Waals surface area contributed by atoms with Gasteiger partial charge in [-0.1, -0.05) is 18.9 Å². The quantitative estimate of drug-likeness (QED) is 0.831. The van der Waals surface area contributed by atoms with Crippen molar-refractivity contribution in [1.29, 1.82) is 0 Å². The second-order valence-electron chi connectivity index (χ2n) is 8.58. The van der Waals surface area contributed by atoms with E-state index in [1.807, 2.05) is 0 Å². The Morgan fingerprint density at radius 3 is 2.96 bits per heavy atom. The van der Waals surface area contributed by atoms with Crippen molar-refractivity contribution in [2.24, 2.45) is 11.8 Å². The van der Waals surface area contributed by atoms with Crippen molar-refractivity contribution in [2.45, 2.75) is 62.8 Å². The minimum atomic E-state index is 0.460. The zero-order valence-electron chi connectivity index (χ0n) is 14.4. The van der Waals surface area contributed by atoms with Gasteiger partial charge in [-0.2, -0.15) is 0 Å². The van der Waals surface area contributed by atoms with Crippen LogP contribution in [-0.2, 0) is 11.8 Å². The zero-order valence-corrected chi connectivity index (χ0v) is 14.4. The van der Waals surface area contributed by atoms with Crippen LogP contribution >= 0.6 is 0 Å². The number of hydrogen-bond acceptors (Lipinski definition) is 2. The van der Waals surface area contributed by atoms with E-state index in [0.717, 1.165) is 30.2 Å². The molecule has 0 radical (unpaired) electrons. The smallest absolute Gasteiger partial charge is 0.119 e. The van der Waals surface area contributed by atoms with Crippen LogP contribution in [0, 0.1) is 11.8 Å². The van der Waals surface area contributed by atoms with E-state index in [0.29, 0.717) is 5.41 Å². The molecule has 2 saturated carbocycles. The van der Waals surface area contributed by atoms with Crippen molar-refractivity contribution in [1.82, 2.24) is 4.90 Å². The molecule has 4 aliphatic rings. The highest BCUT2D eigenvalue weighted by Crippen LogP contribution is 2.55. The van der Waals surface area contributed by atoms with Crippen LogP contribution in [0.3, 0.4) is 0 Å². The lowest BCUT2D eigenvalue weighted by Gasteiger charge is -2.58. The summed E-state index contributed by atoms with van der Waals surface area (Å²) in [6, 6.07) is 7.83. The van der Waals surface area contributed by atoms with Crippen LogP contribution in [0.1, 0.15) is 56.1 Å². The normalized spacial score (nSPS) is 36.2. The fourth-order valence-corrected chi connectivity index (χ4v) is 5.76. The van der Waals surface area contributed by atoms with Crippen LogP contribution in [-0.4, -0.2) is 31.1 Å². The SMILES string of the molecule is CN1CC[C@@]23CCCC[C@H]2[C@@H]1Cc1ccc(OCC2CC2)cc13. The molecule has 1 heterocycles. The molecule has 3 fully saturated rings. The van der Waals surface area contributed by atoms with E-state index in [4.69, 9.17) is 4.74 Å². The Bertz CT molecular complexity index is 608. The molecule has 1 saturated heterocycles. The number of fused-ring (bicyclic) bond motifs is 1. The molecule has 1 aromatic rings. The van der Waals surface area contributed by atoms with Crippen LogP contribution in [0.15, 0.2) is 18.2 Å². The van der Waals surface area contributed by atoms with E-state index in [9.17, 15) is 0 Å². The second-order valence-corrected chi connectivity index (χ2v) is 8.58. The zero-order chi connectivity index (χ0) is 15.4. The molecule has 0 amide bonds. The summed E-state index contributed by atoms with van der Waals surface area (Å²) in [5.74, 6) is 2.84. The van der Waals surface area contributed by atoms with E-state index < -0.39 is 0 Å². The Balaban J connectivity index is 1.53. The van der Waals surface area contributed by atoms with Crippen LogP contribution in [0.5, 0.6) is 5.75 Å². The third-order valence-electron chi connectivity index (χ3n) is 7.27. The standard InChI is InChI=1S/C21H29NO/c1-22-11-10-21-9-3-2-4-18(21)20(22)12-16-7-8-17(13-19(16)21)23-14-15-5-6-15/h7-8,13,15,18,20H,2-6,9-12,14H2,1H3/t18-,20-,21-/m0/s1. The molecule has 5 rings (SSSR count). The van der Waals surface area contributed by atoms with Crippen molar-refractivity contribution in [3.63, 3.8) is 0 Å². The van der Waals surface area contributed by atoms with Crippen molar-refractivity contribution < 1.29 is 4.74 Å². The van der Waals surface area contributed by atoms with E-state index in [1.54, 1.807) is 11.1 Å². The number of benzene rings is 1. The molecule has 1 aliphatic heterocycles. The van der Waals surface area contributed by atoms with Crippen molar-refractivity contribution in [3.8, 4) is 5.75 Å². The first-order valence-electron chi connectivity index (χ1n) is 9.73. The molecular weight excluding hydrogens is 282 g/mol. The molecule has 2 nitrogen and oxygen atoms in total. The van der Waals surface area contributed by atoms with Gasteiger partial charge in [0.2, 0.25) is 0 Å². The van der Waals surface area contributed by atoms with Crippen molar-refractivity contribution >= 4 is 0 Å². The fourth-order valence-electron chi connectivity index (χ4n) is 5.76. The van der Waals surface area contributed by atoms with E-state index in [2.05, 4.69) is 30.1 Å². The molecule has 23 heavy (non-hydrogen) atoms. The maximum absolute atomic E-state index is 6.12. The molecule has 0 unspecified atom stereocenters. The maximum atomic E-state index is 6.12. The van der Waals surface area contributed by atoms with E-state index >= 15 is 0 Å². The summed E-state index contributed by atoms with van der Waals surface area (Å²) < 4.78 is 6.12. The Morgan fingerprint density at radius 1 is 1.17 bits per heavy atom. The average molecular weight is 311 g/mol. The van der Waals surface area contributed by atoms with Gasteiger partial charge in [-0.15, -0.1) is 0 Å². The number of hydrogen-bond donors (Lipinski definition) is 0. The second kappa shape index (κ2) is 5.24. The van der Waals surface area contributed by atoms with E-state index in [1.165, 1.54) is 57.9 Å². The third kappa shape index (κ3) is 2.25. The fraction of sp³-hybridized carbons (Fsp3) is 0.714. The summed E-state index contributed by atoms with van der Waals surface area (Å²) >= 11 is 0. The lowest BCUT2D eigenvalue weighted by Crippen LogP contribution is -2.59. The molecular formula is C21H29NO. The summed E-state index contributed by atoms with van der Waals surface area (Å²) in [6.07, 6.45) is 11.0. The third-order valence-corrected chi connectivity index (χ3v) is 7.27. The van der Waals surface area contributed by atoms with Gasteiger partial charge in [-0.05, 0) is 87.2 Å². The van der Waals surface area contributed by atoms with Gasteiger partial charge in [0.15, 0.2) is 0 Å². The minimum absolute atomic E-state index is 0.460. The number of piperidine rings is 1. The highest BCUT2D eigenvalue weighted by atomic mass is 16.5. The molecule has 124 valence electrons. The Labute approximate surface area is 140 Å². The van der Waals surface area contributed by atoms with Gasteiger partial charge in [-0.25, -0.2) is 0 Å². The largest absolute Gasteiger partial charge is 0.493 e. The first-order chi connectivity index (χ1) is 11.3. The van der Waals surface area contributed by atoms with Gasteiger partial charge in [0.25, 0.3) is 0 Å². The molecule has 0 spiro atoms. The Morgan fingerprint density at radius 2 is 2.09 bits per heavy atom. The predicted octanol–water partition coefficient (Wildman–Crippen LogP) is 4.16. The summed E-state index contributed by atoms with van der Waals surface area (Å²) in [5, 5.41) is 0. The van der Waals surface area contributed by atoms with Crippen molar-refractivity contribution in [3.05, 3.63) is 29.3 Å². The number of rotatable bonds is 3. The first kappa shape index (κ1) is 14.3. The number of ether oxygens (including phenoxy) is 1. The van der Waals surface area contributed by atoms with Crippen LogP contribution in [0.4, 0.5) is 0 Å². The van der Waals surface area contributed by atoms with Crippen LogP contribution in [0.2, 0.25) is 0 Å². The lowest BCUT2D eigenvalue weighted by molar-refractivity contribution is 0.00270. The number of nitrogens with zero attached hydrogens (tertiary/aromatic N) is 1. The predicted molar refractivity (Wildman–Crippen MR) is 93.0 cm³/mol.